The largest absolute Gasteiger partial charge is 0.285 e. The highest BCUT2D eigenvalue weighted by atomic mass is 15.3. The van der Waals surface area contributed by atoms with Gasteiger partial charge in [0.25, 0.3) is 0 Å². The Morgan fingerprint density at radius 1 is 1.17 bits per heavy atom. The van der Waals surface area contributed by atoms with Crippen molar-refractivity contribution in [3.63, 3.8) is 0 Å². The molecule has 0 amide bonds. The topological polar surface area (TPSA) is 76.7 Å². The van der Waals surface area contributed by atoms with Crippen LogP contribution in [0.1, 0.15) is 26.3 Å². The molecule has 0 aliphatic heterocycles. The van der Waals surface area contributed by atoms with Gasteiger partial charge in [-0.1, -0.05) is 6.92 Å². The predicted octanol–water partition coefficient (Wildman–Crippen LogP) is 2.95. The Labute approximate surface area is 133 Å². The zero-order valence-electron chi connectivity index (χ0n) is 13.0. The Hall–Kier alpha value is -2.96. The van der Waals surface area contributed by atoms with Gasteiger partial charge in [-0.15, -0.1) is 0 Å². The van der Waals surface area contributed by atoms with Crippen molar-refractivity contribution in [2.45, 2.75) is 26.3 Å². The van der Waals surface area contributed by atoms with Crippen LogP contribution in [0.2, 0.25) is 0 Å². The number of hydrogen-bond acceptors (Lipinski definition) is 4. The van der Waals surface area contributed by atoms with E-state index in [1.807, 2.05) is 40.1 Å². The van der Waals surface area contributed by atoms with Crippen LogP contribution < -0.4 is 0 Å². The van der Waals surface area contributed by atoms with E-state index in [0.717, 1.165) is 34.5 Å². The molecule has 4 aromatic heterocycles. The van der Waals surface area contributed by atoms with Gasteiger partial charge in [0.2, 0.25) is 0 Å². The number of aromatic amines is 1. The van der Waals surface area contributed by atoms with Crippen LogP contribution in [0.15, 0.2) is 43.2 Å². The van der Waals surface area contributed by atoms with Crippen LogP contribution in [-0.2, 0) is 0 Å². The molecule has 7 nitrogen and oxygen atoms in total. The summed E-state index contributed by atoms with van der Waals surface area (Å²) in [4.78, 5) is 4.81. The first-order valence-electron chi connectivity index (χ1n) is 7.64. The second-order valence-electron chi connectivity index (χ2n) is 5.59. The summed E-state index contributed by atoms with van der Waals surface area (Å²) in [5.74, 6) is 0. The molecule has 0 unspecified atom stereocenters. The maximum Gasteiger partial charge on any atom is 0.0999 e. The minimum absolute atomic E-state index is 0.363. The number of nitrogens with one attached hydrogen (secondary N) is 1. The van der Waals surface area contributed by atoms with E-state index in [1.165, 1.54) is 0 Å². The maximum absolute atomic E-state index is 4.81. The van der Waals surface area contributed by atoms with Crippen LogP contribution in [0.3, 0.4) is 0 Å². The molecule has 1 atom stereocenters. The molecule has 0 saturated carbocycles. The third-order valence-corrected chi connectivity index (χ3v) is 4.10. The number of fused-ring (bicyclic) bond motifs is 1. The molecule has 23 heavy (non-hydrogen) atoms. The SMILES string of the molecule is CC[C@H](C)n1cc(-c2nc(-c3cn[nH]c3)cn3nccc23)cn1. The lowest BCUT2D eigenvalue weighted by Crippen LogP contribution is -2.03. The first-order valence-corrected chi connectivity index (χ1v) is 7.64. The summed E-state index contributed by atoms with van der Waals surface area (Å²) in [5, 5.41) is 15.6. The summed E-state index contributed by atoms with van der Waals surface area (Å²) in [6.07, 6.45) is 12.2. The summed E-state index contributed by atoms with van der Waals surface area (Å²) in [5.41, 5.74) is 4.57. The van der Waals surface area contributed by atoms with E-state index in [2.05, 4.69) is 34.2 Å². The highest BCUT2D eigenvalue weighted by Gasteiger charge is 2.14. The minimum atomic E-state index is 0.363. The standard InChI is InChI=1S/C16H17N7/c1-3-11(2)22-9-13(8-20-22)16-15-4-5-19-23(15)10-14(21-16)12-6-17-18-7-12/h4-11H,3H2,1-2H3,(H,17,18)/t11-/m0/s1. The third kappa shape index (κ3) is 2.30. The lowest BCUT2D eigenvalue weighted by molar-refractivity contribution is 0.478. The van der Waals surface area contributed by atoms with Crippen molar-refractivity contribution < 1.29 is 0 Å². The van der Waals surface area contributed by atoms with Crippen molar-refractivity contribution in [1.29, 1.82) is 0 Å². The van der Waals surface area contributed by atoms with Crippen molar-refractivity contribution in [3.8, 4) is 22.5 Å². The van der Waals surface area contributed by atoms with Gasteiger partial charge >= 0.3 is 0 Å². The fraction of sp³-hybridized carbons (Fsp3) is 0.250. The summed E-state index contributed by atoms with van der Waals surface area (Å²) in [7, 11) is 0. The predicted molar refractivity (Wildman–Crippen MR) is 86.8 cm³/mol. The van der Waals surface area contributed by atoms with Gasteiger partial charge in [0, 0.05) is 29.6 Å². The van der Waals surface area contributed by atoms with Crippen LogP contribution >= 0.6 is 0 Å². The zero-order valence-corrected chi connectivity index (χ0v) is 13.0. The molecular formula is C16H17N7. The lowest BCUT2D eigenvalue weighted by atomic mass is 10.2. The summed E-state index contributed by atoms with van der Waals surface area (Å²) in [6.45, 7) is 4.31. The Kier molecular flexibility index (Phi) is 3.18. The van der Waals surface area contributed by atoms with E-state index in [0.29, 0.717) is 6.04 Å². The van der Waals surface area contributed by atoms with Gasteiger partial charge in [-0.3, -0.25) is 9.78 Å². The average molecular weight is 307 g/mol. The van der Waals surface area contributed by atoms with Crippen molar-refractivity contribution >= 4 is 5.52 Å². The van der Waals surface area contributed by atoms with E-state index >= 15 is 0 Å². The van der Waals surface area contributed by atoms with Gasteiger partial charge in [0.15, 0.2) is 0 Å². The highest BCUT2D eigenvalue weighted by Crippen LogP contribution is 2.26. The second-order valence-corrected chi connectivity index (χ2v) is 5.59. The fourth-order valence-electron chi connectivity index (χ4n) is 2.56. The Morgan fingerprint density at radius 3 is 2.87 bits per heavy atom. The number of H-pyrrole nitrogens is 1. The van der Waals surface area contributed by atoms with Crippen LogP contribution in [0.25, 0.3) is 28.0 Å². The van der Waals surface area contributed by atoms with E-state index in [4.69, 9.17) is 4.98 Å². The van der Waals surface area contributed by atoms with E-state index in [9.17, 15) is 0 Å². The number of aromatic nitrogens is 7. The first kappa shape index (κ1) is 13.7. The Balaban J connectivity index is 1.88. The molecule has 0 radical (unpaired) electrons. The molecule has 0 fully saturated rings. The molecule has 0 saturated heterocycles. The molecule has 4 rings (SSSR count). The van der Waals surface area contributed by atoms with Crippen molar-refractivity contribution in [2.75, 3.05) is 0 Å². The molecule has 1 N–H and O–H groups in total. The number of hydrogen-bond donors (Lipinski definition) is 1. The molecular weight excluding hydrogens is 290 g/mol. The van der Waals surface area contributed by atoms with Crippen LogP contribution in [0, 0.1) is 0 Å². The normalized spacial score (nSPS) is 12.8. The van der Waals surface area contributed by atoms with Gasteiger partial charge in [-0.2, -0.15) is 15.3 Å². The smallest absolute Gasteiger partial charge is 0.0999 e. The molecule has 7 heteroatoms. The molecule has 0 spiro atoms. The summed E-state index contributed by atoms with van der Waals surface area (Å²) < 4.78 is 3.82. The zero-order chi connectivity index (χ0) is 15.8. The Morgan fingerprint density at radius 2 is 2.09 bits per heavy atom. The van der Waals surface area contributed by atoms with Gasteiger partial charge in [-0.05, 0) is 19.4 Å². The third-order valence-electron chi connectivity index (χ3n) is 4.10. The minimum Gasteiger partial charge on any atom is -0.285 e. The van der Waals surface area contributed by atoms with Gasteiger partial charge in [0.1, 0.15) is 0 Å². The van der Waals surface area contributed by atoms with Crippen LogP contribution in [-0.4, -0.2) is 34.6 Å². The molecule has 116 valence electrons. The lowest BCUT2D eigenvalue weighted by Gasteiger charge is -2.08. The summed E-state index contributed by atoms with van der Waals surface area (Å²) in [6, 6.07) is 2.32. The fourth-order valence-corrected chi connectivity index (χ4v) is 2.56. The van der Waals surface area contributed by atoms with Gasteiger partial charge in [-0.25, -0.2) is 9.50 Å². The monoisotopic (exact) mass is 307 g/mol. The van der Waals surface area contributed by atoms with Crippen LogP contribution in [0.4, 0.5) is 0 Å². The van der Waals surface area contributed by atoms with Gasteiger partial charge in [0.05, 0.1) is 41.7 Å². The van der Waals surface area contributed by atoms with Crippen LogP contribution in [0.5, 0.6) is 0 Å². The summed E-state index contributed by atoms with van der Waals surface area (Å²) >= 11 is 0. The average Bonchev–Trinajstić information content (AvgIpc) is 3.33. The molecule has 0 aliphatic carbocycles. The van der Waals surface area contributed by atoms with Crippen molar-refractivity contribution in [3.05, 3.63) is 43.2 Å². The molecule has 0 aliphatic rings. The molecule has 0 bridgehead atoms. The molecule has 4 heterocycles. The van der Waals surface area contributed by atoms with Gasteiger partial charge < -0.3 is 0 Å². The molecule has 0 aromatic carbocycles. The van der Waals surface area contributed by atoms with Crippen molar-refractivity contribution in [2.24, 2.45) is 0 Å². The highest BCUT2D eigenvalue weighted by molar-refractivity contribution is 5.78. The molecule has 4 aromatic rings. The Bertz CT molecular complexity index is 933. The van der Waals surface area contributed by atoms with E-state index in [1.54, 1.807) is 12.4 Å². The second kappa shape index (κ2) is 5.35. The quantitative estimate of drug-likeness (QED) is 0.629. The number of nitrogens with zero attached hydrogens (tertiary/aromatic N) is 6. The van der Waals surface area contributed by atoms with Crippen molar-refractivity contribution in [1.82, 2.24) is 34.6 Å². The number of rotatable bonds is 4. The first-order chi connectivity index (χ1) is 11.3. The van der Waals surface area contributed by atoms with E-state index < -0.39 is 0 Å². The van der Waals surface area contributed by atoms with E-state index in [-0.39, 0.29) is 0 Å². The maximum atomic E-state index is 4.81.